The quantitative estimate of drug-likeness (QED) is 0.0491. The third-order valence-corrected chi connectivity index (χ3v) is 16.3. The second-order valence-electron chi connectivity index (χ2n) is 20.4. The molecular formula is C51H62FN7O9S. The molecule has 5 N–H and O–H groups in total. The van der Waals surface area contributed by atoms with Gasteiger partial charge in [-0.25, -0.2) is 17.5 Å². The van der Waals surface area contributed by atoms with Crippen LogP contribution in [-0.2, 0) is 15.6 Å². The number of aliphatic hydroxyl groups is 2. The van der Waals surface area contributed by atoms with Crippen LogP contribution in [0.4, 0.5) is 21.5 Å². The van der Waals surface area contributed by atoms with Crippen LogP contribution in [0.2, 0.25) is 0 Å². The molecule has 2 saturated heterocycles. The van der Waals surface area contributed by atoms with Crippen LogP contribution in [0, 0.1) is 27.3 Å². The number of rotatable bonds is 15. The zero-order chi connectivity index (χ0) is 48.9. The molecule has 3 aromatic carbocycles. The molecule has 368 valence electrons. The molecule has 0 bridgehead atoms. The summed E-state index contributed by atoms with van der Waals surface area (Å²) in [6, 6.07) is 18.4. The maximum absolute atomic E-state index is 14.9. The van der Waals surface area contributed by atoms with Gasteiger partial charge in [0.1, 0.15) is 22.9 Å². The molecule has 69 heavy (non-hydrogen) atoms. The fraction of sp³-hybridized carbons (Fsp3) is 0.490. The lowest BCUT2D eigenvalue weighted by Crippen LogP contribution is -2.63. The fourth-order valence-corrected chi connectivity index (χ4v) is 12.1. The SMILES string of the molecule is CCOc1nc2[nH]cc(F)c2cc1Oc1cc(N2CCC3(CC2)CN([C@@H]2CCC[C@@H]2c2ccccc2C(C)(C)O)C3)ccc1C(=O)NS(=O)(=O)c1ccc(NCC2CCC(C)(O)CC2)c([N+](=O)[O-])c1. The minimum Gasteiger partial charge on any atom is -0.475 e. The predicted molar refractivity (Wildman–Crippen MR) is 260 cm³/mol. The van der Waals surface area contributed by atoms with Gasteiger partial charge in [-0.1, -0.05) is 30.7 Å². The van der Waals surface area contributed by atoms with E-state index in [1.165, 1.54) is 29.8 Å². The Morgan fingerprint density at radius 2 is 1.75 bits per heavy atom. The van der Waals surface area contributed by atoms with Gasteiger partial charge >= 0.3 is 0 Å². The number of fused-ring (bicyclic) bond motifs is 1. The van der Waals surface area contributed by atoms with E-state index in [4.69, 9.17) is 9.47 Å². The van der Waals surface area contributed by atoms with E-state index < -0.39 is 48.5 Å². The van der Waals surface area contributed by atoms with Gasteiger partial charge in [0, 0.05) is 68.8 Å². The zero-order valence-corrected chi connectivity index (χ0v) is 40.4. The first-order chi connectivity index (χ1) is 32.8. The van der Waals surface area contributed by atoms with Gasteiger partial charge in [0.25, 0.3) is 27.5 Å². The second kappa shape index (κ2) is 18.8. The summed E-state index contributed by atoms with van der Waals surface area (Å²) < 4.78 is 56.9. The van der Waals surface area contributed by atoms with Crippen molar-refractivity contribution < 1.29 is 42.2 Å². The first-order valence-corrected chi connectivity index (χ1v) is 25.6. The number of amides is 1. The number of carbonyl (C=O) groups excluding carboxylic acids is 1. The molecule has 2 atom stereocenters. The number of nitrogens with one attached hydrogen (secondary N) is 3. The lowest BCUT2D eigenvalue weighted by molar-refractivity contribution is -0.384. The number of anilines is 2. The third kappa shape index (κ3) is 10.1. The number of aromatic amines is 1. The molecule has 1 amide bonds. The smallest absolute Gasteiger partial charge is 0.293 e. The summed E-state index contributed by atoms with van der Waals surface area (Å²) in [5, 5.41) is 36.8. The first kappa shape index (κ1) is 48.2. The number of pyridine rings is 1. The van der Waals surface area contributed by atoms with Crippen molar-refractivity contribution in [3.05, 3.63) is 106 Å². The van der Waals surface area contributed by atoms with Gasteiger partial charge in [-0.05, 0) is 132 Å². The van der Waals surface area contributed by atoms with E-state index in [0.29, 0.717) is 31.3 Å². The van der Waals surface area contributed by atoms with Gasteiger partial charge in [0.2, 0.25) is 0 Å². The van der Waals surface area contributed by atoms with Gasteiger partial charge in [-0.15, -0.1) is 0 Å². The Bertz CT molecular complexity index is 2840. The van der Waals surface area contributed by atoms with E-state index in [1.807, 2.05) is 26.0 Å². The van der Waals surface area contributed by atoms with E-state index >= 15 is 0 Å². The number of likely N-dealkylation sites (tertiary alicyclic amines) is 1. The van der Waals surface area contributed by atoms with Crippen molar-refractivity contribution in [2.75, 3.05) is 49.5 Å². The number of nitrogens with zero attached hydrogens (tertiary/aromatic N) is 4. The van der Waals surface area contributed by atoms with Crippen molar-refractivity contribution in [3.63, 3.8) is 0 Å². The van der Waals surface area contributed by atoms with Crippen molar-refractivity contribution in [1.82, 2.24) is 19.6 Å². The molecule has 0 unspecified atom stereocenters. The molecule has 2 saturated carbocycles. The maximum atomic E-state index is 14.9. The summed E-state index contributed by atoms with van der Waals surface area (Å²) in [5.74, 6) is -1.13. The summed E-state index contributed by atoms with van der Waals surface area (Å²) in [6.07, 6.45) is 9.09. The van der Waals surface area contributed by atoms with E-state index in [-0.39, 0.29) is 57.6 Å². The molecule has 2 aliphatic carbocycles. The van der Waals surface area contributed by atoms with Crippen LogP contribution < -0.4 is 24.4 Å². The zero-order valence-electron chi connectivity index (χ0n) is 39.6. The number of piperidine rings is 1. The number of halogens is 1. The summed E-state index contributed by atoms with van der Waals surface area (Å²) in [5.41, 5.74) is 1.18. The summed E-state index contributed by atoms with van der Waals surface area (Å²) >= 11 is 0. The highest BCUT2D eigenvalue weighted by Gasteiger charge is 2.50. The highest BCUT2D eigenvalue weighted by Crippen LogP contribution is 2.49. The number of ether oxygens (including phenoxy) is 2. The third-order valence-electron chi connectivity index (χ3n) is 15.0. The number of benzene rings is 3. The molecule has 4 aliphatic rings. The van der Waals surface area contributed by atoms with Crippen molar-refractivity contribution in [2.45, 2.75) is 114 Å². The Morgan fingerprint density at radius 1 is 1.01 bits per heavy atom. The molecule has 2 aliphatic heterocycles. The molecule has 16 nitrogen and oxygen atoms in total. The van der Waals surface area contributed by atoms with Crippen molar-refractivity contribution >= 4 is 44.0 Å². The van der Waals surface area contributed by atoms with Gasteiger partial charge in [-0.2, -0.15) is 4.98 Å². The molecule has 9 rings (SSSR count). The highest BCUT2D eigenvalue weighted by atomic mass is 32.2. The van der Waals surface area contributed by atoms with E-state index in [2.05, 4.69) is 41.9 Å². The van der Waals surface area contributed by atoms with E-state index in [9.17, 15) is 37.9 Å². The maximum Gasteiger partial charge on any atom is 0.293 e. The van der Waals surface area contributed by atoms with Crippen LogP contribution in [0.15, 0.2) is 77.8 Å². The number of hydrogen-bond acceptors (Lipinski definition) is 13. The lowest BCUT2D eigenvalue weighted by atomic mass is 9.70. The number of carbonyl (C=O) groups is 1. The number of H-pyrrole nitrogens is 1. The molecule has 4 heterocycles. The minimum absolute atomic E-state index is 0.00299. The molecular weight excluding hydrogens is 906 g/mol. The number of sulfonamides is 1. The van der Waals surface area contributed by atoms with E-state index in [0.717, 1.165) is 94.6 Å². The summed E-state index contributed by atoms with van der Waals surface area (Å²) in [6.45, 7) is 11.3. The molecule has 18 heteroatoms. The van der Waals surface area contributed by atoms with Crippen LogP contribution in [-0.4, -0.2) is 95.3 Å². The Balaban J connectivity index is 0.934. The Morgan fingerprint density at radius 3 is 2.46 bits per heavy atom. The summed E-state index contributed by atoms with van der Waals surface area (Å²) in [4.78, 5) is 37.2. The first-order valence-electron chi connectivity index (χ1n) is 24.1. The highest BCUT2D eigenvalue weighted by molar-refractivity contribution is 7.90. The monoisotopic (exact) mass is 967 g/mol. The Hall–Kier alpha value is -5.82. The van der Waals surface area contributed by atoms with Crippen LogP contribution in [0.1, 0.15) is 113 Å². The number of nitro groups is 1. The number of hydrogen-bond donors (Lipinski definition) is 5. The molecule has 2 aromatic heterocycles. The van der Waals surface area contributed by atoms with Gasteiger partial charge in [-0.3, -0.25) is 19.8 Å². The normalized spacial score (nSPS) is 22.9. The second-order valence-corrected chi connectivity index (χ2v) is 22.1. The number of aromatic nitrogens is 2. The van der Waals surface area contributed by atoms with Crippen LogP contribution >= 0.6 is 0 Å². The van der Waals surface area contributed by atoms with Gasteiger partial charge in [0.15, 0.2) is 5.75 Å². The largest absolute Gasteiger partial charge is 0.475 e. The Kier molecular flexibility index (Phi) is 13.2. The van der Waals surface area contributed by atoms with Crippen molar-refractivity contribution in [1.29, 1.82) is 0 Å². The Labute approximate surface area is 401 Å². The predicted octanol–water partition coefficient (Wildman–Crippen LogP) is 8.74. The van der Waals surface area contributed by atoms with E-state index in [1.54, 1.807) is 26.0 Å². The number of nitro benzene ring substituents is 1. The topological polar surface area (TPSA) is 212 Å². The molecule has 0 radical (unpaired) electrons. The minimum atomic E-state index is -4.67. The van der Waals surface area contributed by atoms with Crippen LogP contribution in [0.25, 0.3) is 11.0 Å². The van der Waals surface area contributed by atoms with Gasteiger partial charge < -0.3 is 34.9 Å². The van der Waals surface area contributed by atoms with Crippen molar-refractivity contribution in [2.24, 2.45) is 11.3 Å². The van der Waals surface area contributed by atoms with Crippen LogP contribution in [0.5, 0.6) is 17.4 Å². The summed E-state index contributed by atoms with van der Waals surface area (Å²) in [7, 11) is -4.67. The molecule has 4 fully saturated rings. The van der Waals surface area contributed by atoms with Crippen molar-refractivity contribution in [3.8, 4) is 17.4 Å². The average molecular weight is 968 g/mol. The average Bonchev–Trinajstić information content (AvgIpc) is 3.93. The lowest BCUT2D eigenvalue weighted by Gasteiger charge is -2.57. The van der Waals surface area contributed by atoms with Crippen LogP contribution in [0.3, 0.4) is 0 Å². The fourth-order valence-electron chi connectivity index (χ4n) is 11.1. The van der Waals surface area contributed by atoms with Gasteiger partial charge in [0.05, 0.1) is 38.6 Å². The standard InChI is InChI=1S/C51H62FN7O9S/c1-5-67-48-45(27-38-40(52)29-54-46(38)55-48)68-44-25-33(57-23-21-51(22-24-57)30-58(31-51)42-12-8-10-36(42)35-9-6-7-11-39(35)49(2,3)61)13-15-37(44)47(60)56-69(65,66)34-14-16-41(43(26-34)59(63)64)53-28-32-17-19-50(4,62)20-18-32/h6-7,9,11,13-16,25-27,29,32,36,42,53,61-62H,5,8,10,12,17-24,28,30-31H2,1-4H3,(H,54,55)(H,56,60)/t32?,36-,42-,50?/m1/s1. The molecule has 1 spiro atoms. The molecule has 5 aromatic rings.